The van der Waals surface area contributed by atoms with Crippen LogP contribution < -0.4 is 10.1 Å². The average Bonchev–Trinajstić information content (AvgIpc) is 2.25. The van der Waals surface area contributed by atoms with Crippen molar-refractivity contribution in [1.82, 2.24) is 15.3 Å². The molecule has 0 unspecified atom stereocenters. The summed E-state index contributed by atoms with van der Waals surface area (Å²) in [5.74, 6) is 0.142. The van der Waals surface area contributed by atoms with E-state index in [4.69, 9.17) is 4.74 Å². The first-order chi connectivity index (χ1) is 7.44. The molecule has 1 aromatic heterocycles. The number of hydrogen-bond donors (Lipinski definition) is 1. The Morgan fingerprint density at radius 1 is 1.38 bits per heavy atom. The zero-order chi connectivity index (χ0) is 12.2. The van der Waals surface area contributed by atoms with Crippen molar-refractivity contribution in [2.24, 2.45) is 0 Å². The molecule has 0 fully saturated rings. The third-order valence-corrected chi connectivity index (χ3v) is 1.90. The van der Waals surface area contributed by atoms with Gasteiger partial charge in [0.2, 0.25) is 5.88 Å². The van der Waals surface area contributed by atoms with Gasteiger partial charge in [-0.25, -0.2) is 9.97 Å². The molecular weight excluding hydrogens is 206 g/mol. The van der Waals surface area contributed by atoms with E-state index in [-0.39, 0.29) is 29.4 Å². The zero-order valence-corrected chi connectivity index (χ0v) is 10.1. The molecule has 1 heterocycles. The Balaban J connectivity index is 2.73. The van der Waals surface area contributed by atoms with E-state index in [1.165, 1.54) is 19.5 Å². The molecule has 1 aromatic rings. The Labute approximate surface area is 95.3 Å². The van der Waals surface area contributed by atoms with E-state index in [1.807, 2.05) is 20.8 Å². The normalized spacial score (nSPS) is 11.2. The molecule has 0 aliphatic heterocycles. The molecule has 5 nitrogen and oxygen atoms in total. The number of nitrogens with zero attached hydrogens (tertiary/aromatic N) is 2. The van der Waals surface area contributed by atoms with Crippen LogP contribution in [0.15, 0.2) is 12.4 Å². The van der Waals surface area contributed by atoms with Crippen LogP contribution in [0.25, 0.3) is 0 Å². The smallest absolute Gasteiger partial charge is 0.243 e. The highest BCUT2D eigenvalue weighted by Gasteiger charge is 2.17. The van der Waals surface area contributed by atoms with E-state index in [1.54, 1.807) is 0 Å². The van der Waals surface area contributed by atoms with E-state index >= 15 is 0 Å². The highest BCUT2D eigenvalue weighted by Crippen LogP contribution is 2.11. The fourth-order valence-corrected chi connectivity index (χ4v) is 1.10. The Bertz CT molecular complexity index is 372. The minimum atomic E-state index is -0.125. The number of ketones is 1. The first kappa shape index (κ1) is 12.6. The van der Waals surface area contributed by atoms with Gasteiger partial charge in [0.05, 0.1) is 13.7 Å². The van der Waals surface area contributed by atoms with Gasteiger partial charge >= 0.3 is 0 Å². The van der Waals surface area contributed by atoms with Crippen LogP contribution in [0, 0.1) is 0 Å². The van der Waals surface area contributed by atoms with Crippen molar-refractivity contribution in [3.63, 3.8) is 0 Å². The molecule has 16 heavy (non-hydrogen) atoms. The summed E-state index contributed by atoms with van der Waals surface area (Å²) < 4.78 is 4.98. The van der Waals surface area contributed by atoms with Crippen LogP contribution in [-0.2, 0) is 0 Å². The third-order valence-electron chi connectivity index (χ3n) is 1.90. The Morgan fingerprint density at radius 3 is 2.56 bits per heavy atom. The van der Waals surface area contributed by atoms with Gasteiger partial charge < -0.3 is 10.1 Å². The molecule has 0 radical (unpaired) electrons. The van der Waals surface area contributed by atoms with Crippen LogP contribution in [0.1, 0.15) is 31.3 Å². The summed E-state index contributed by atoms with van der Waals surface area (Å²) in [4.78, 5) is 19.7. The van der Waals surface area contributed by atoms with Gasteiger partial charge in [0.1, 0.15) is 0 Å². The van der Waals surface area contributed by atoms with E-state index in [9.17, 15) is 4.79 Å². The lowest BCUT2D eigenvalue weighted by molar-refractivity contribution is 0.0973. The van der Waals surface area contributed by atoms with Gasteiger partial charge in [0.15, 0.2) is 11.5 Å². The SMILES string of the molecule is COc1nccnc1C(=O)CNC(C)(C)C. The predicted octanol–water partition coefficient (Wildman–Crippen LogP) is 1.06. The monoisotopic (exact) mass is 223 g/mol. The molecule has 0 saturated heterocycles. The molecule has 0 spiro atoms. The van der Waals surface area contributed by atoms with Crippen LogP contribution in [0.2, 0.25) is 0 Å². The second kappa shape index (κ2) is 5.03. The van der Waals surface area contributed by atoms with Gasteiger partial charge in [-0.2, -0.15) is 0 Å². The fraction of sp³-hybridized carbons (Fsp3) is 0.545. The number of Topliss-reactive ketones (excluding diaryl/α,β-unsaturated/α-hetero) is 1. The second-order valence-corrected chi connectivity index (χ2v) is 4.44. The number of nitrogens with one attached hydrogen (secondary N) is 1. The lowest BCUT2D eigenvalue weighted by Crippen LogP contribution is -2.39. The van der Waals surface area contributed by atoms with Crippen LogP contribution in [0.4, 0.5) is 0 Å². The molecule has 0 aliphatic rings. The number of rotatable bonds is 4. The molecule has 1 N–H and O–H groups in total. The summed E-state index contributed by atoms with van der Waals surface area (Å²) in [7, 11) is 1.47. The number of ether oxygens (including phenoxy) is 1. The van der Waals surface area contributed by atoms with Crippen LogP contribution in [0.3, 0.4) is 0 Å². The molecule has 0 saturated carbocycles. The minimum Gasteiger partial charge on any atom is -0.479 e. The average molecular weight is 223 g/mol. The third kappa shape index (κ3) is 3.58. The van der Waals surface area contributed by atoms with Crippen LogP contribution in [0.5, 0.6) is 5.88 Å². The largest absolute Gasteiger partial charge is 0.479 e. The first-order valence-corrected chi connectivity index (χ1v) is 5.07. The van der Waals surface area contributed by atoms with Crippen molar-refractivity contribution < 1.29 is 9.53 Å². The summed E-state index contributed by atoms with van der Waals surface area (Å²) in [5.41, 5.74) is 0.159. The van der Waals surface area contributed by atoms with Gasteiger partial charge in [-0.1, -0.05) is 0 Å². The van der Waals surface area contributed by atoms with Crippen molar-refractivity contribution in [2.45, 2.75) is 26.3 Å². The number of methoxy groups -OCH3 is 1. The highest BCUT2D eigenvalue weighted by atomic mass is 16.5. The Hall–Kier alpha value is -1.49. The number of hydrogen-bond acceptors (Lipinski definition) is 5. The fourth-order valence-electron chi connectivity index (χ4n) is 1.10. The second-order valence-electron chi connectivity index (χ2n) is 4.44. The van der Waals surface area contributed by atoms with Crippen molar-refractivity contribution in [3.05, 3.63) is 18.1 Å². The van der Waals surface area contributed by atoms with Crippen LogP contribution in [-0.4, -0.2) is 34.9 Å². The van der Waals surface area contributed by atoms with Gasteiger partial charge in [-0.05, 0) is 20.8 Å². The van der Waals surface area contributed by atoms with Gasteiger partial charge in [0, 0.05) is 17.9 Å². The lowest BCUT2D eigenvalue weighted by Gasteiger charge is -2.19. The summed E-state index contributed by atoms with van der Waals surface area (Å²) in [6, 6.07) is 0. The molecule has 0 aromatic carbocycles. The van der Waals surface area contributed by atoms with Gasteiger partial charge in [-0.15, -0.1) is 0 Å². The maximum Gasteiger partial charge on any atom is 0.243 e. The molecule has 0 amide bonds. The summed E-state index contributed by atoms with van der Waals surface area (Å²) in [6.07, 6.45) is 2.97. The quantitative estimate of drug-likeness (QED) is 0.773. The Morgan fingerprint density at radius 2 is 2.00 bits per heavy atom. The van der Waals surface area contributed by atoms with E-state index in [0.29, 0.717) is 0 Å². The molecule has 0 atom stereocenters. The van der Waals surface area contributed by atoms with E-state index in [0.717, 1.165) is 0 Å². The van der Waals surface area contributed by atoms with Gasteiger partial charge in [-0.3, -0.25) is 4.79 Å². The molecule has 0 aliphatic carbocycles. The minimum absolute atomic E-state index is 0.106. The standard InChI is InChI=1S/C11H17N3O2/c1-11(2,3)14-7-8(15)9-10(16-4)13-6-5-12-9/h5-6,14H,7H2,1-4H3. The molecular formula is C11H17N3O2. The van der Waals surface area contributed by atoms with Crippen LogP contribution >= 0.6 is 0 Å². The van der Waals surface area contributed by atoms with Crippen molar-refractivity contribution in [2.75, 3.05) is 13.7 Å². The number of aromatic nitrogens is 2. The molecule has 1 rings (SSSR count). The first-order valence-electron chi connectivity index (χ1n) is 5.07. The topological polar surface area (TPSA) is 64.1 Å². The lowest BCUT2D eigenvalue weighted by atomic mass is 10.1. The number of carbonyl (C=O) groups is 1. The number of carbonyl (C=O) groups excluding carboxylic acids is 1. The Kier molecular flexibility index (Phi) is 3.95. The maximum absolute atomic E-state index is 11.8. The summed E-state index contributed by atoms with van der Waals surface area (Å²) >= 11 is 0. The summed E-state index contributed by atoms with van der Waals surface area (Å²) in [6.45, 7) is 6.20. The van der Waals surface area contributed by atoms with E-state index in [2.05, 4.69) is 15.3 Å². The predicted molar refractivity (Wildman–Crippen MR) is 60.7 cm³/mol. The molecule has 88 valence electrons. The maximum atomic E-state index is 11.8. The summed E-state index contributed by atoms with van der Waals surface area (Å²) in [5, 5.41) is 3.10. The van der Waals surface area contributed by atoms with Crippen molar-refractivity contribution in [3.8, 4) is 5.88 Å². The highest BCUT2D eigenvalue weighted by molar-refractivity contribution is 5.97. The molecule has 0 bridgehead atoms. The van der Waals surface area contributed by atoms with E-state index < -0.39 is 0 Å². The van der Waals surface area contributed by atoms with Crippen molar-refractivity contribution in [1.29, 1.82) is 0 Å². The van der Waals surface area contributed by atoms with Gasteiger partial charge in [0.25, 0.3) is 0 Å². The zero-order valence-electron chi connectivity index (χ0n) is 10.1. The molecule has 5 heteroatoms. The van der Waals surface area contributed by atoms with Crippen molar-refractivity contribution >= 4 is 5.78 Å².